The highest BCUT2D eigenvalue weighted by atomic mass is 19.4. The van der Waals surface area contributed by atoms with Gasteiger partial charge in [0.25, 0.3) is 5.91 Å². The van der Waals surface area contributed by atoms with Crippen molar-refractivity contribution < 1.29 is 32.2 Å². The van der Waals surface area contributed by atoms with Gasteiger partial charge in [-0.2, -0.15) is 0 Å². The summed E-state index contributed by atoms with van der Waals surface area (Å²) < 4.78 is 47.2. The number of likely N-dealkylation sites (tertiary alicyclic amines) is 1. The van der Waals surface area contributed by atoms with E-state index < -0.39 is 29.6 Å². The number of anilines is 2. The van der Waals surface area contributed by atoms with Crippen LogP contribution in [0.15, 0.2) is 42.6 Å². The van der Waals surface area contributed by atoms with Gasteiger partial charge >= 0.3 is 12.4 Å². The molecule has 1 aromatic carbocycles. The van der Waals surface area contributed by atoms with Crippen LogP contribution >= 0.6 is 0 Å². The number of carbonyl (C=O) groups is 2. The zero-order chi connectivity index (χ0) is 24.8. The molecular weight excluding hydrogens is 465 g/mol. The average Bonchev–Trinajstić information content (AvgIpc) is 3.13. The highest BCUT2D eigenvalue weighted by molar-refractivity contribution is 6.31. The molecule has 0 N–H and O–H groups in total. The Labute approximate surface area is 200 Å². The van der Waals surface area contributed by atoms with E-state index in [1.165, 1.54) is 36.1 Å². The number of nitrogens with zero attached hydrogens (tertiary/aromatic N) is 4. The molecule has 3 aliphatic rings. The first-order valence-corrected chi connectivity index (χ1v) is 11.5. The molecular formula is C24H25F3N4O4. The van der Waals surface area contributed by atoms with Gasteiger partial charge in [0.2, 0.25) is 5.88 Å². The zero-order valence-electron chi connectivity index (χ0n) is 19.1. The molecule has 1 saturated carbocycles. The van der Waals surface area contributed by atoms with Gasteiger partial charge < -0.3 is 9.47 Å². The van der Waals surface area contributed by atoms with E-state index in [0.717, 1.165) is 36.7 Å². The van der Waals surface area contributed by atoms with Crippen LogP contribution < -0.4 is 19.3 Å². The van der Waals surface area contributed by atoms with Gasteiger partial charge in [-0.1, -0.05) is 6.92 Å². The van der Waals surface area contributed by atoms with Crippen LogP contribution in [0, 0.1) is 5.92 Å². The van der Waals surface area contributed by atoms with Crippen LogP contribution in [0.1, 0.15) is 26.2 Å². The number of aromatic nitrogens is 1. The molecule has 3 heterocycles. The van der Waals surface area contributed by atoms with Crippen molar-refractivity contribution in [1.82, 2.24) is 9.88 Å². The molecule has 0 bridgehead atoms. The van der Waals surface area contributed by atoms with Crippen molar-refractivity contribution in [2.45, 2.75) is 38.1 Å². The highest BCUT2D eigenvalue weighted by Crippen LogP contribution is 2.55. The summed E-state index contributed by atoms with van der Waals surface area (Å²) in [5, 5.41) is 0. The maximum Gasteiger partial charge on any atom is 0.573 e. The smallest absolute Gasteiger partial charge is 0.476 e. The number of urea groups is 1. The second kappa shape index (κ2) is 8.71. The molecule has 3 amide bonds. The van der Waals surface area contributed by atoms with E-state index in [-0.39, 0.29) is 11.6 Å². The normalized spacial score (nSPS) is 24.5. The largest absolute Gasteiger partial charge is 0.573 e. The van der Waals surface area contributed by atoms with E-state index in [9.17, 15) is 22.8 Å². The SMILES string of the molecule is CC1CC12C(=O)N(c1ccc(OC(F)(F)F)cc1)C(=O)N2c1ccnc(OCCN2CCCC2)c1. The van der Waals surface area contributed by atoms with Gasteiger partial charge in [-0.25, -0.2) is 14.7 Å². The fourth-order valence-electron chi connectivity index (χ4n) is 4.93. The maximum absolute atomic E-state index is 13.5. The molecule has 35 heavy (non-hydrogen) atoms. The summed E-state index contributed by atoms with van der Waals surface area (Å²) in [6.07, 6.45) is -0.441. The van der Waals surface area contributed by atoms with Crippen LogP contribution in [0.2, 0.25) is 0 Å². The van der Waals surface area contributed by atoms with E-state index in [4.69, 9.17) is 4.74 Å². The van der Waals surface area contributed by atoms with E-state index in [1.807, 2.05) is 6.92 Å². The number of halogens is 3. The van der Waals surface area contributed by atoms with Crippen molar-refractivity contribution >= 4 is 23.3 Å². The Bertz CT molecular complexity index is 1120. The minimum Gasteiger partial charge on any atom is -0.476 e. The third-order valence-electron chi connectivity index (χ3n) is 6.79. The molecule has 1 aromatic heterocycles. The molecule has 11 heteroatoms. The molecule has 1 aliphatic carbocycles. The number of carbonyl (C=O) groups excluding carboxylic acids is 2. The van der Waals surface area contributed by atoms with Crippen molar-refractivity contribution in [2.24, 2.45) is 5.92 Å². The van der Waals surface area contributed by atoms with Gasteiger partial charge in [0.05, 0.1) is 11.4 Å². The van der Waals surface area contributed by atoms with Crippen LogP contribution in [0.4, 0.5) is 29.3 Å². The summed E-state index contributed by atoms with van der Waals surface area (Å²) in [5.74, 6) is -0.564. The summed E-state index contributed by atoms with van der Waals surface area (Å²) in [6.45, 7) is 5.25. The molecule has 2 aromatic rings. The van der Waals surface area contributed by atoms with E-state index in [2.05, 4.69) is 14.6 Å². The summed E-state index contributed by atoms with van der Waals surface area (Å²) in [4.78, 5) is 35.9. The molecule has 2 saturated heterocycles. The molecule has 2 atom stereocenters. The highest BCUT2D eigenvalue weighted by Gasteiger charge is 2.70. The molecule has 5 rings (SSSR count). The minimum atomic E-state index is -4.83. The van der Waals surface area contributed by atoms with E-state index in [1.54, 1.807) is 12.1 Å². The molecule has 2 aliphatic heterocycles. The zero-order valence-corrected chi connectivity index (χ0v) is 19.1. The third-order valence-corrected chi connectivity index (χ3v) is 6.79. The Balaban J connectivity index is 1.36. The Morgan fingerprint density at radius 2 is 1.77 bits per heavy atom. The number of imide groups is 1. The maximum atomic E-state index is 13.5. The van der Waals surface area contributed by atoms with Crippen LogP contribution in [0.3, 0.4) is 0 Å². The van der Waals surface area contributed by atoms with Crippen LogP contribution in [0.5, 0.6) is 11.6 Å². The average molecular weight is 490 g/mol. The van der Waals surface area contributed by atoms with Gasteiger partial charge in [-0.3, -0.25) is 14.6 Å². The van der Waals surface area contributed by atoms with Crippen molar-refractivity contribution in [1.29, 1.82) is 0 Å². The Morgan fingerprint density at radius 1 is 1.09 bits per heavy atom. The predicted octanol–water partition coefficient (Wildman–Crippen LogP) is 4.21. The topological polar surface area (TPSA) is 75.2 Å². The lowest BCUT2D eigenvalue weighted by molar-refractivity contribution is -0.274. The van der Waals surface area contributed by atoms with Crippen LogP contribution in [-0.4, -0.2) is 60.0 Å². The number of pyridine rings is 1. The first-order chi connectivity index (χ1) is 16.7. The molecule has 2 unspecified atom stereocenters. The lowest BCUT2D eigenvalue weighted by Crippen LogP contribution is -2.39. The van der Waals surface area contributed by atoms with Crippen LogP contribution in [0.25, 0.3) is 0 Å². The van der Waals surface area contributed by atoms with Crippen molar-refractivity contribution in [2.75, 3.05) is 36.0 Å². The number of hydrogen-bond acceptors (Lipinski definition) is 6. The molecule has 1 spiro atoms. The van der Waals surface area contributed by atoms with Crippen molar-refractivity contribution in [3.63, 3.8) is 0 Å². The number of amides is 3. The Morgan fingerprint density at radius 3 is 2.40 bits per heavy atom. The minimum absolute atomic E-state index is 0.0792. The second-order valence-electron chi connectivity index (χ2n) is 9.08. The molecule has 8 nitrogen and oxygen atoms in total. The summed E-state index contributed by atoms with van der Waals surface area (Å²) in [5.41, 5.74) is -0.378. The summed E-state index contributed by atoms with van der Waals surface area (Å²) in [6, 6.07) is 7.40. The Kier molecular flexibility index (Phi) is 5.82. The van der Waals surface area contributed by atoms with Crippen LogP contribution in [-0.2, 0) is 4.79 Å². The number of benzene rings is 1. The monoisotopic (exact) mass is 490 g/mol. The predicted molar refractivity (Wildman–Crippen MR) is 120 cm³/mol. The number of rotatable bonds is 7. The molecule has 0 radical (unpaired) electrons. The number of alkyl halides is 3. The summed E-state index contributed by atoms with van der Waals surface area (Å²) in [7, 11) is 0. The van der Waals surface area contributed by atoms with Crippen molar-refractivity contribution in [3.8, 4) is 11.6 Å². The second-order valence-corrected chi connectivity index (χ2v) is 9.08. The van der Waals surface area contributed by atoms with Gasteiger partial charge in [-0.05, 0) is 68.6 Å². The van der Waals surface area contributed by atoms with Gasteiger partial charge in [0.1, 0.15) is 17.9 Å². The summed E-state index contributed by atoms with van der Waals surface area (Å²) >= 11 is 0. The molecule has 186 valence electrons. The standard InChI is InChI=1S/C24H25F3N4O4/c1-16-15-23(16)21(32)30(17-4-6-19(7-5-17)35-24(25,26)27)22(33)31(23)18-8-9-28-20(14-18)34-13-12-29-10-2-3-11-29/h4-9,14,16H,2-3,10-13,15H2,1H3. The fraction of sp³-hybridized carbons (Fsp3) is 0.458. The molecule has 3 fully saturated rings. The quantitative estimate of drug-likeness (QED) is 0.542. The fourth-order valence-corrected chi connectivity index (χ4v) is 4.93. The van der Waals surface area contributed by atoms with Gasteiger partial charge in [0, 0.05) is 18.8 Å². The lowest BCUT2D eigenvalue weighted by Gasteiger charge is -2.22. The van der Waals surface area contributed by atoms with E-state index >= 15 is 0 Å². The Hall–Kier alpha value is -3.34. The number of ether oxygens (including phenoxy) is 2. The number of hydrogen-bond donors (Lipinski definition) is 0. The van der Waals surface area contributed by atoms with Crippen molar-refractivity contribution in [3.05, 3.63) is 42.6 Å². The van der Waals surface area contributed by atoms with Gasteiger partial charge in [0.15, 0.2) is 0 Å². The van der Waals surface area contributed by atoms with Gasteiger partial charge in [-0.15, -0.1) is 13.2 Å². The first-order valence-electron chi connectivity index (χ1n) is 11.5. The first kappa shape index (κ1) is 23.4. The third kappa shape index (κ3) is 4.40. The lowest BCUT2D eigenvalue weighted by atomic mass is 10.1. The van der Waals surface area contributed by atoms with E-state index in [0.29, 0.717) is 24.6 Å².